The van der Waals surface area contributed by atoms with Crippen LogP contribution in [0, 0.1) is 0 Å². The third-order valence-corrected chi connectivity index (χ3v) is 3.84. The van der Waals surface area contributed by atoms with Gasteiger partial charge in [-0.05, 0) is 23.8 Å². The van der Waals surface area contributed by atoms with E-state index in [1.807, 2.05) is 0 Å². The molecule has 8 heteroatoms. The largest absolute Gasteiger partial charge is 0.465 e. The number of ether oxygens (including phenoxy) is 1. The molecule has 0 N–H and O–H groups in total. The minimum absolute atomic E-state index is 0.325. The Balaban J connectivity index is 2.35. The monoisotopic (exact) mass is 313 g/mol. The van der Waals surface area contributed by atoms with E-state index in [0.717, 1.165) is 0 Å². The predicted octanol–water partition coefficient (Wildman–Crippen LogP) is 1.50. The van der Waals surface area contributed by atoms with Crippen molar-refractivity contribution in [1.82, 2.24) is 14.8 Å². The second-order valence-corrected chi connectivity index (χ2v) is 5.67. The van der Waals surface area contributed by atoms with Crippen molar-refractivity contribution < 1.29 is 13.7 Å². The maximum absolute atomic E-state index is 11.5. The van der Waals surface area contributed by atoms with Crippen LogP contribution in [-0.2, 0) is 22.1 Å². The lowest BCUT2D eigenvalue weighted by molar-refractivity contribution is 0.0600. The lowest BCUT2D eigenvalue weighted by atomic mass is 10.1. The second-order valence-electron chi connectivity index (χ2n) is 3.99. The number of rotatable bonds is 4. The van der Waals surface area contributed by atoms with Gasteiger partial charge in [-0.25, -0.2) is 4.79 Å². The summed E-state index contributed by atoms with van der Waals surface area (Å²) in [7, 11) is 0.0635. The van der Waals surface area contributed by atoms with E-state index in [4.69, 9.17) is 11.6 Å². The highest BCUT2D eigenvalue weighted by Crippen LogP contribution is 2.20. The summed E-state index contributed by atoms with van der Waals surface area (Å²) in [5, 5.41) is 8.37. The number of hydrogen-bond acceptors (Lipinski definition) is 5. The summed E-state index contributed by atoms with van der Waals surface area (Å²) in [6.07, 6.45) is 2.99. The van der Waals surface area contributed by atoms with Gasteiger partial charge in [0.15, 0.2) is 0 Å². The van der Waals surface area contributed by atoms with Gasteiger partial charge in [-0.15, -0.1) is 10.2 Å². The summed E-state index contributed by atoms with van der Waals surface area (Å²) in [4.78, 5) is 11.5. The van der Waals surface area contributed by atoms with Crippen molar-refractivity contribution in [2.24, 2.45) is 0 Å². The topological polar surface area (TPSA) is 74.1 Å². The van der Waals surface area contributed by atoms with Gasteiger partial charge in [-0.1, -0.05) is 11.6 Å². The molecule has 0 fully saturated rings. The van der Waals surface area contributed by atoms with Crippen LogP contribution >= 0.6 is 11.6 Å². The molecule has 6 nitrogen and oxygen atoms in total. The van der Waals surface area contributed by atoms with Crippen LogP contribution in [0.3, 0.4) is 0 Å². The molecule has 0 saturated heterocycles. The number of carbonyl (C=O) groups is 1. The lowest BCUT2D eigenvalue weighted by Gasteiger charge is -2.08. The van der Waals surface area contributed by atoms with Gasteiger partial charge in [0.05, 0.1) is 30.0 Å². The fourth-order valence-corrected chi connectivity index (χ4v) is 2.48. The molecule has 2 rings (SSSR count). The van der Waals surface area contributed by atoms with E-state index in [-0.39, 0.29) is 0 Å². The van der Waals surface area contributed by atoms with Crippen molar-refractivity contribution >= 4 is 28.4 Å². The molecule has 0 spiro atoms. The van der Waals surface area contributed by atoms with Gasteiger partial charge in [0, 0.05) is 11.3 Å². The van der Waals surface area contributed by atoms with Crippen molar-refractivity contribution in [2.75, 3.05) is 13.4 Å². The Labute approximate surface area is 123 Å². The SMILES string of the molecule is COC(=O)c1ccc(Cl)c(Cn2cnnc2[S@](C)=O)c1. The molecule has 0 radical (unpaired) electrons. The van der Waals surface area contributed by atoms with Gasteiger partial charge in [0.1, 0.15) is 6.33 Å². The number of aromatic nitrogens is 3. The van der Waals surface area contributed by atoms with E-state index in [0.29, 0.717) is 27.9 Å². The Morgan fingerprint density at radius 2 is 2.25 bits per heavy atom. The summed E-state index contributed by atoms with van der Waals surface area (Å²) in [6.45, 7) is 0.325. The van der Waals surface area contributed by atoms with E-state index in [2.05, 4.69) is 14.9 Å². The maximum atomic E-state index is 11.5. The summed E-state index contributed by atoms with van der Waals surface area (Å²) in [5.74, 6) is -0.439. The van der Waals surface area contributed by atoms with Gasteiger partial charge in [0.25, 0.3) is 0 Å². The zero-order chi connectivity index (χ0) is 14.7. The number of halogens is 1. The van der Waals surface area contributed by atoms with Gasteiger partial charge in [-0.3, -0.25) is 4.21 Å². The van der Waals surface area contributed by atoms with E-state index in [9.17, 15) is 9.00 Å². The molecule has 0 aliphatic heterocycles. The van der Waals surface area contributed by atoms with E-state index < -0.39 is 16.8 Å². The minimum Gasteiger partial charge on any atom is -0.465 e. The van der Waals surface area contributed by atoms with Crippen molar-refractivity contribution in [3.8, 4) is 0 Å². The van der Waals surface area contributed by atoms with Crippen LogP contribution in [0.4, 0.5) is 0 Å². The molecule has 0 unspecified atom stereocenters. The van der Waals surface area contributed by atoms with Crippen LogP contribution in [0.5, 0.6) is 0 Å². The van der Waals surface area contributed by atoms with Crippen LogP contribution in [0.2, 0.25) is 5.02 Å². The Morgan fingerprint density at radius 1 is 1.50 bits per heavy atom. The Morgan fingerprint density at radius 3 is 2.90 bits per heavy atom. The molecule has 0 bridgehead atoms. The van der Waals surface area contributed by atoms with Crippen LogP contribution in [0.25, 0.3) is 0 Å². The minimum atomic E-state index is -1.25. The normalized spacial score (nSPS) is 12.2. The quantitative estimate of drug-likeness (QED) is 0.800. The van der Waals surface area contributed by atoms with E-state index in [1.54, 1.807) is 22.8 Å². The van der Waals surface area contributed by atoms with Crippen LogP contribution < -0.4 is 0 Å². The maximum Gasteiger partial charge on any atom is 0.337 e. The molecule has 0 aliphatic carbocycles. The molecule has 2 aromatic rings. The predicted molar refractivity (Wildman–Crippen MR) is 74.2 cm³/mol. The average Bonchev–Trinajstić information content (AvgIpc) is 2.88. The first kappa shape index (κ1) is 14.7. The van der Waals surface area contributed by atoms with E-state index in [1.165, 1.54) is 19.7 Å². The summed E-state index contributed by atoms with van der Waals surface area (Å²) < 4.78 is 17.8. The third kappa shape index (κ3) is 3.05. The number of hydrogen-bond donors (Lipinski definition) is 0. The van der Waals surface area contributed by atoms with E-state index >= 15 is 0 Å². The smallest absolute Gasteiger partial charge is 0.337 e. The molecule has 0 amide bonds. The molecule has 1 aromatic carbocycles. The average molecular weight is 314 g/mol. The first-order valence-corrected chi connectivity index (χ1v) is 7.54. The number of esters is 1. The lowest BCUT2D eigenvalue weighted by Crippen LogP contribution is -2.07. The Hall–Kier alpha value is -1.73. The fraction of sp³-hybridized carbons (Fsp3) is 0.250. The second kappa shape index (κ2) is 6.15. The van der Waals surface area contributed by atoms with Gasteiger partial charge < -0.3 is 9.30 Å². The highest BCUT2D eigenvalue weighted by Gasteiger charge is 2.13. The van der Waals surface area contributed by atoms with Crippen LogP contribution in [-0.4, -0.2) is 38.3 Å². The summed E-state index contributed by atoms with van der Waals surface area (Å²) in [5.41, 5.74) is 1.10. The molecule has 1 atom stereocenters. The van der Waals surface area contributed by atoms with Crippen LogP contribution in [0.15, 0.2) is 29.7 Å². The Bertz CT molecular complexity index is 672. The number of methoxy groups -OCH3 is 1. The van der Waals surface area contributed by atoms with Gasteiger partial charge in [0.2, 0.25) is 5.16 Å². The molecule has 1 aromatic heterocycles. The van der Waals surface area contributed by atoms with Crippen molar-refractivity contribution in [1.29, 1.82) is 0 Å². The first-order chi connectivity index (χ1) is 9.52. The molecule has 20 heavy (non-hydrogen) atoms. The fourth-order valence-electron chi connectivity index (χ4n) is 1.70. The molecular weight excluding hydrogens is 302 g/mol. The molecule has 0 saturated carbocycles. The highest BCUT2D eigenvalue weighted by molar-refractivity contribution is 7.84. The number of nitrogens with zero attached hydrogens (tertiary/aromatic N) is 3. The standard InChI is InChI=1S/C12H12ClN3O3S/c1-19-11(17)8-3-4-10(13)9(5-8)6-16-7-14-15-12(16)20(2)18/h3-5,7H,6H2,1-2H3/t20-/m0/s1. The first-order valence-electron chi connectivity index (χ1n) is 5.61. The summed E-state index contributed by atoms with van der Waals surface area (Å²) in [6, 6.07) is 4.84. The zero-order valence-electron chi connectivity index (χ0n) is 10.9. The van der Waals surface area contributed by atoms with Gasteiger partial charge >= 0.3 is 5.97 Å². The molecule has 1 heterocycles. The number of benzene rings is 1. The Kier molecular flexibility index (Phi) is 4.51. The number of carbonyl (C=O) groups excluding carboxylic acids is 1. The zero-order valence-corrected chi connectivity index (χ0v) is 12.4. The van der Waals surface area contributed by atoms with Crippen LogP contribution in [0.1, 0.15) is 15.9 Å². The highest BCUT2D eigenvalue weighted by atomic mass is 35.5. The van der Waals surface area contributed by atoms with Crippen molar-refractivity contribution in [2.45, 2.75) is 11.7 Å². The molecule has 0 aliphatic rings. The van der Waals surface area contributed by atoms with Gasteiger partial charge in [-0.2, -0.15) is 0 Å². The third-order valence-electron chi connectivity index (χ3n) is 2.64. The molecule has 106 valence electrons. The van der Waals surface area contributed by atoms with Crippen molar-refractivity contribution in [3.05, 3.63) is 40.7 Å². The molecular formula is C12H12ClN3O3S. The van der Waals surface area contributed by atoms with Crippen molar-refractivity contribution in [3.63, 3.8) is 0 Å². The summed E-state index contributed by atoms with van der Waals surface area (Å²) >= 11 is 6.11.